The molecule has 1 saturated carbocycles. The third-order valence-corrected chi connectivity index (χ3v) is 7.67. The standard InChI is InChI=1S/C26H27ClN4O4/c1-14-10-22(25(32)33)29-26(28-14)31-16-8-9-17(31)12-18(11-16)34-13-20-23(19-4-2-3-5-21(19)27)30-35-24(20)15-6-7-15/h2-5,10,15-18H,6-9,11-13H2,1H3,(H,32,33)/t16-,17?,18?/m0/s1. The van der Waals surface area contributed by atoms with Gasteiger partial charge in [-0.15, -0.1) is 0 Å². The van der Waals surface area contributed by atoms with E-state index in [0.717, 1.165) is 61.1 Å². The first-order valence-electron chi connectivity index (χ1n) is 12.2. The van der Waals surface area contributed by atoms with Crippen molar-refractivity contribution >= 4 is 23.5 Å². The molecule has 0 spiro atoms. The number of rotatable bonds is 7. The summed E-state index contributed by atoms with van der Waals surface area (Å²) < 4.78 is 12.3. The van der Waals surface area contributed by atoms with Gasteiger partial charge in [0.2, 0.25) is 5.95 Å². The van der Waals surface area contributed by atoms with E-state index in [1.807, 2.05) is 31.2 Å². The maximum atomic E-state index is 11.5. The number of piperidine rings is 1. The van der Waals surface area contributed by atoms with Crippen LogP contribution in [0.5, 0.6) is 0 Å². The minimum absolute atomic E-state index is 0.0393. The molecule has 2 aromatic heterocycles. The Hall–Kier alpha value is -2.97. The van der Waals surface area contributed by atoms with Gasteiger partial charge < -0.3 is 19.3 Å². The average Bonchev–Trinajstić information content (AvgIpc) is 3.54. The van der Waals surface area contributed by atoms with E-state index in [1.165, 1.54) is 6.07 Å². The molecular weight excluding hydrogens is 468 g/mol. The van der Waals surface area contributed by atoms with Crippen LogP contribution in [-0.2, 0) is 11.3 Å². The summed E-state index contributed by atoms with van der Waals surface area (Å²) in [6.45, 7) is 2.24. The molecule has 3 aliphatic rings. The highest BCUT2D eigenvalue weighted by Crippen LogP contribution is 2.45. The van der Waals surface area contributed by atoms with Crippen LogP contribution in [0.4, 0.5) is 5.95 Å². The number of fused-ring (bicyclic) bond motifs is 2. The van der Waals surface area contributed by atoms with Crippen LogP contribution in [0, 0.1) is 6.92 Å². The van der Waals surface area contributed by atoms with E-state index in [-0.39, 0.29) is 23.9 Å². The van der Waals surface area contributed by atoms with Crippen LogP contribution in [0.15, 0.2) is 34.9 Å². The van der Waals surface area contributed by atoms with Crippen LogP contribution < -0.4 is 4.90 Å². The molecule has 1 aromatic carbocycles. The number of hydrogen-bond acceptors (Lipinski definition) is 7. The molecule has 2 aliphatic heterocycles. The SMILES string of the molecule is Cc1cc(C(=O)O)nc(N2C3CC[C@H]2CC(OCc2c(-c4ccccc4Cl)noc2C2CC2)C3)n1. The number of carboxylic acid groups (broad SMARTS) is 1. The largest absolute Gasteiger partial charge is 0.477 e. The molecule has 2 unspecified atom stereocenters. The molecule has 2 bridgehead atoms. The number of aromatic nitrogens is 3. The van der Waals surface area contributed by atoms with E-state index in [4.69, 9.17) is 20.9 Å². The van der Waals surface area contributed by atoms with E-state index in [2.05, 4.69) is 20.0 Å². The van der Waals surface area contributed by atoms with Crippen LogP contribution in [0.25, 0.3) is 11.3 Å². The van der Waals surface area contributed by atoms with Gasteiger partial charge in [0.15, 0.2) is 5.69 Å². The fourth-order valence-electron chi connectivity index (χ4n) is 5.56. The number of hydrogen-bond donors (Lipinski definition) is 1. The summed E-state index contributed by atoms with van der Waals surface area (Å²) >= 11 is 6.47. The minimum atomic E-state index is -1.03. The molecule has 6 rings (SSSR count). The zero-order chi connectivity index (χ0) is 24.1. The molecule has 1 N–H and O–H groups in total. The van der Waals surface area contributed by atoms with Gasteiger partial charge in [-0.25, -0.2) is 14.8 Å². The molecule has 1 aliphatic carbocycles. The molecule has 0 radical (unpaired) electrons. The third kappa shape index (κ3) is 4.29. The highest BCUT2D eigenvalue weighted by Gasteiger charge is 2.43. The van der Waals surface area contributed by atoms with Gasteiger partial charge in [-0.2, -0.15) is 0 Å². The van der Waals surface area contributed by atoms with Crippen LogP contribution in [0.3, 0.4) is 0 Å². The lowest BCUT2D eigenvalue weighted by molar-refractivity contribution is 0.0144. The van der Waals surface area contributed by atoms with E-state index in [1.54, 1.807) is 0 Å². The van der Waals surface area contributed by atoms with E-state index in [9.17, 15) is 9.90 Å². The Bertz CT molecular complexity index is 1260. The van der Waals surface area contributed by atoms with Gasteiger partial charge in [0.05, 0.1) is 17.7 Å². The van der Waals surface area contributed by atoms with Crippen molar-refractivity contribution in [2.24, 2.45) is 0 Å². The Morgan fingerprint density at radius 1 is 1.17 bits per heavy atom. The fraction of sp³-hybridized carbons (Fsp3) is 0.462. The Labute approximate surface area is 208 Å². The lowest BCUT2D eigenvalue weighted by atomic mass is 9.99. The topological polar surface area (TPSA) is 102 Å². The maximum absolute atomic E-state index is 11.5. The van der Waals surface area contributed by atoms with Gasteiger partial charge >= 0.3 is 5.97 Å². The van der Waals surface area contributed by atoms with Crippen molar-refractivity contribution < 1.29 is 19.2 Å². The number of halogens is 1. The van der Waals surface area contributed by atoms with Crippen molar-refractivity contribution in [1.82, 2.24) is 15.1 Å². The lowest BCUT2D eigenvalue weighted by Crippen LogP contribution is -2.46. The minimum Gasteiger partial charge on any atom is -0.477 e. The van der Waals surface area contributed by atoms with Crippen molar-refractivity contribution in [3.8, 4) is 11.3 Å². The van der Waals surface area contributed by atoms with Crippen LogP contribution in [-0.4, -0.2) is 44.4 Å². The maximum Gasteiger partial charge on any atom is 0.354 e. The molecular formula is C26H27ClN4O4. The number of nitrogens with zero attached hydrogens (tertiary/aromatic N) is 4. The normalized spacial score (nSPS) is 23.6. The van der Waals surface area contributed by atoms with Gasteiger partial charge in [-0.3, -0.25) is 0 Å². The molecule has 8 nitrogen and oxygen atoms in total. The predicted octanol–water partition coefficient (Wildman–Crippen LogP) is 5.39. The van der Waals surface area contributed by atoms with Crippen molar-refractivity contribution in [1.29, 1.82) is 0 Å². The summed E-state index contributed by atoms with van der Waals surface area (Å²) in [7, 11) is 0. The number of aromatic carboxylic acids is 1. The first-order chi connectivity index (χ1) is 17.0. The Morgan fingerprint density at radius 3 is 2.60 bits per heavy atom. The Kier molecular flexibility index (Phi) is 5.73. The van der Waals surface area contributed by atoms with Crippen molar-refractivity contribution in [2.45, 2.75) is 76.2 Å². The summed E-state index contributed by atoms with van der Waals surface area (Å²) in [4.78, 5) is 22.6. The molecule has 9 heteroatoms. The van der Waals surface area contributed by atoms with Gasteiger partial charge in [-0.1, -0.05) is 35.0 Å². The van der Waals surface area contributed by atoms with E-state index >= 15 is 0 Å². The number of ether oxygens (including phenoxy) is 1. The summed E-state index contributed by atoms with van der Waals surface area (Å²) in [6, 6.07) is 9.66. The molecule has 4 heterocycles. The second-order valence-electron chi connectivity index (χ2n) is 9.82. The first kappa shape index (κ1) is 22.5. The van der Waals surface area contributed by atoms with Crippen molar-refractivity contribution in [3.63, 3.8) is 0 Å². The number of carboxylic acids is 1. The zero-order valence-electron chi connectivity index (χ0n) is 19.5. The van der Waals surface area contributed by atoms with E-state index < -0.39 is 5.97 Å². The number of aryl methyl sites for hydroxylation is 1. The highest BCUT2D eigenvalue weighted by molar-refractivity contribution is 6.33. The number of benzene rings is 1. The monoisotopic (exact) mass is 494 g/mol. The van der Waals surface area contributed by atoms with E-state index in [0.29, 0.717) is 29.2 Å². The molecule has 0 amide bonds. The molecule has 3 aromatic rings. The summed E-state index contributed by atoms with van der Waals surface area (Å²) in [5.74, 6) is 0.827. The van der Waals surface area contributed by atoms with Gasteiger partial charge in [-0.05, 0) is 57.6 Å². The highest BCUT2D eigenvalue weighted by atomic mass is 35.5. The smallest absolute Gasteiger partial charge is 0.354 e. The fourth-order valence-corrected chi connectivity index (χ4v) is 5.79. The molecule has 3 fully saturated rings. The summed E-state index contributed by atoms with van der Waals surface area (Å²) in [5, 5.41) is 14.5. The molecule has 182 valence electrons. The Morgan fingerprint density at radius 2 is 1.91 bits per heavy atom. The molecule has 35 heavy (non-hydrogen) atoms. The van der Waals surface area contributed by atoms with Crippen LogP contribution >= 0.6 is 11.6 Å². The van der Waals surface area contributed by atoms with Crippen LogP contribution in [0.2, 0.25) is 5.02 Å². The van der Waals surface area contributed by atoms with Gasteiger partial charge in [0.25, 0.3) is 0 Å². The summed E-state index contributed by atoms with van der Waals surface area (Å²) in [5.41, 5.74) is 3.34. The third-order valence-electron chi connectivity index (χ3n) is 7.34. The predicted molar refractivity (Wildman–Crippen MR) is 130 cm³/mol. The second kappa shape index (κ2) is 8.91. The van der Waals surface area contributed by atoms with Crippen molar-refractivity contribution in [2.75, 3.05) is 4.90 Å². The molecule has 2 saturated heterocycles. The van der Waals surface area contributed by atoms with Gasteiger partial charge in [0.1, 0.15) is 11.5 Å². The van der Waals surface area contributed by atoms with Gasteiger partial charge in [0, 0.05) is 34.8 Å². The first-order valence-corrected chi connectivity index (χ1v) is 12.6. The lowest BCUT2D eigenvalue weighted by Gasteiger charge is -2.39. The zero-order valence-corrected chi connectivity index (χ0v) is 20.2. The number of anilines is 1. The Balaban J connectivity index is 1.20. The van der Waals surface area contributed by atoms with Crippen molar-refractivity contribution in [3.05, 3.63) is 58.1 Å². The summed E-state index contributed by atoms with van der Waals surface area (Å²) in [6.07, 6.45) is 6.06. The quantitative estimate of drug-likeness (QED) is 0.466. The van der Waals surface area contributed by atoms with Crippen LogP contribution in [0.1, 0.15) is 71.9 Å². The average molecular weight is 495 g/mol. The molecule has 3 atom stereocenters. The second-order valence-corrected chi connectivity index (χ2v) is 10.2. The number of carbonyl (C=O) groups is 1.